The molecule has 22 heavy (non-hydrogen) atoms. The summed E-state index contributed by atoms with van der Waals surface area (Å²) in [4.78, 5) is 16.0. The molecule has 0 aromatic heterocycles. The van der Waals surface area contributed by atoms with Crippen LogP contribution >= 0.6 is 0 Å². The van der Waals surface area contributed by atoms with Gasteiger partial charge in [0.15, 0.2) is 0 Å². The first-order chi connectivity index (χ1) is 10.1. The van der Waals surface area contributed by atoms with Gasteiger partial charge in [-0.25, -0.2) is 15.0 Å². The fourth-order valence-electron chi connectivity index (χ4n) is 2.32. The van der Waals surface area contributed by atoms with Gasteiger partial charge in [-0.3, -0.25) is 4.99 Å². The van der Waals surface area contributed by atoms with Crippen molar-refractivity contribution in [3.8, 4) is 0 Å². The summed E-state index contributed by atoms with van der Waals surface area (Å²) in [5.74, 6) is 0. The molecule has 0 saturated carbocycles. The maximum atomic E-state index is 4.35. The first-order valence-electron chi connectivity index (χ1n) is 6.58. The fourth-order valence-corrected chi connectivity index (χ4v) is 2.32. The van der Waals surface area contributed by atoms with Crippen LogP contribution in [0.25, 0.3) is 10.8 Å². The number of benzene rings is 2. The second-order valence-electron chi connectivity index (χ2n) is 4.79. The van der Waals surface area contributed by atoms with Crippen LogP contribution in [0.5, 0.6) is 0 Å². The van der Waals surface area contributed by atoms with E-state index >= 15 is 0 Å². The van der Waals surface area contributed by atoms with Crippen LogP contribution in [0.15, 0.2) is 32.1 Å². The van der Waals surface area contributed by atoms with Gasteiger partial charge in [-0.2, -0.15) is 0 Å². The minimum absolute atomic E-state index is 0. The molecule has 0 spiro atoms. The van der Waals surface area contributed by atoms with Crippen molar-refractivity contribution < 1.29 is 32.7 Å². The zero-order valence-electron chi connectivity index (χ0n) is 13.3. The molecule has 0 aliphatic rings. The number of rotatable bonds is 3. The predicted octanol–water partition coefficient (Wildman–Crippen LogP) is 4.36. The van der Waals surface area contributed by atoms with E-state index in [-0.39, 0.29) is 32.7 Å². The summed E-state index contributed by atoms with van der Waals surface area (Å²) in [5.41, 5.74) is 4.83. The molecule has 0 unspecified atom stereocenters. The van der Waals surface area contributed by atoms with Gasteiger partial charge >= 0.3 is 0 Å². The molecule has 109 valence electrons. The summed E-state index contributed by atoms with van der Waals surface area (Å²) in [6.07, 6.45) is 1.46. The van der Waals surface area contributed by atoms with Gasteiger partial charge < -0.3 is 0 Å². The van der Waals surface area contributed by atoms with Gasteiger partial charge in [-0.05, 0) is 24.9 Å². The topological polar surface area (TPSA) is 49.4 Å². The summed E-state index contributed by atoms with van der Waals surface area (Å²) in [5, 5.41) is 2.12. The molecule has 1 radical (unpaired) electrons. The summed E-state index contributed by atoms with van der Waals surface area (Å²) in [6, 6.07) is 10.1. The molecule has 0 N–H and O–H groups in total. The Hall–Kier alpha value is -1.48. The predicted molar refractivity (Wildman–Crippen MR) is 90.1 cm³/mol. The monoisotopic (exact) mass is 366 g/mol. The van der Waals surface area contributed by atoms with E-state index in [9.17, 15) is 0 Å². The van der Waals surface area contributed by atoms with E-state index in [1.165, 1.54) is 6.34 Å². The van der Waals surface area contributed by atoms with Gasteiger partial charge in [0.05, 0.1) is 6.01 Å². The van der Waals surface area contributed by atoms with Crippen molar-refractivity contribution in [3.05, 3.63) is 34.9 Å². The van der Waals surface area contributed by atoms with E-state index in [2.05, 4.69) is 50.9 Å². The summed E-state index contributed by atoms with van der Waals surface area (Å²) >= 11 is 0. The Morgan fingerprint density at radius 3 is 2.50 bits per heavy atom. The zero-order valence-corrected chi connectivity index (χ0v) is 16.1. The van der Waals surface area contributed by atoms with Gasteiger partial charge in [0.25, 0.3) is 0 Å². The first kappa shape index (κ1) is 18.6. The molecule has 0 amide bonds. The molecule has 2 aromatic carbocycles. The van der Waals surface area contributed by atoms with Crippen molar-refractivity contribution >= 4 is 41.2 Å². The van der Waals surface area contributed by atoms with Gasteiger partial charge in [0.1, 0.15) is 6.34 Å². The van der Waals surface area contributed by atoms with Crippen LogP contribution in [0.2, 0.25) is 0 Å². The standard InChI is InChI=1S/C17H17N4.Y/c1-11-6-14-7-12(2)17(21-10-19-5)13(3)15(14)8-16(11)20-9-18-4;/h6-7,10H,5H2,1-4H3;/q-1;. The van der Waals surface area contributed by atoms with E-state index in [1.807, 2.05) is 20.8 Å². The molecule has 5 heteroatoms. The molecule has 0 aliphatic heterocycles. The van der Waals surface area contributed by atoms with Crippen molar-refractivity contribution in [2.75, 3.05) is 7.05 Å². The zero-order chi connectivity index (χ0) is 15.4. The van der Waals surface area contributed by atoms with E-state index in [4.69, 9.17) is 0 Å². The second kappa shape index (κ2) is 8.23. The molecular formula is C17H17N4Y-. The first-order valence-corrected chi connectivity index (χ1v) is 6.58. The van der Waals surface area contributed by atoms with Gasteiger partial charge in [-0.15, -0.1) is 28.5 Å². The fraction of sp³-hybridized carbons (Fsp3) is 0.235. The van der Waals surface area contributed by atoms with E-state index < -0.39 is 0 Å². The number of aryl methyl sites for hydroxylation is 3. The van der Waals surface area contributed by atoms with Crippen LogP contribution in [0.1, 0.15) is 16.7 Å². The SMILES string of the molecule is C=NC=Nc1c(C)cc2cc(C)c(N=C=NC)[c-]c2c1C.[Y]. The van der Waals surface area contributed by atoms with E-state index in [0.717, 1.165) is 38.8 Å². The summed E-state index contributed by atoms with van der Waals surface area (Å²) < 4.78 is 0. The minimum atomic E-state index is 0. The van der Waals surface area contributed by atoms with Crippen molar-refractivity contribution in [1.82, 2.24) is 0 Å². The van der Waals surface area contributed by atoms with Crippen LogP contribution < -0.4 is 0 Å². The Labute approximate surface area is 156 Å². The number of fused-ring (bicyclic) bond motifs is 1. The van der Waals surface area contributed by atoms with Crippen molar-refractivity contribution in [2.45, 2.75) is 20.8 Å². The van der Waals surface area contributed by atoms with Gasteiger partial charge in [-0.1, -0.05) is 25.5 Å². The Bertz CT molecular complexity index is 800. The third-order valence-corrected chi connectivity index (χ3v) is 3.28. The van der Waals surface area contributed by atoms with E-state index in [0.29, 0.717) is 0 Å². The van der Waals surface area contributed by atoms with Gasteiger partial charge in [0, 0.05) is 45.4 Å². The normalized spacial score (nSPS) is 10.2. The average molecular weight is 366 g/mol. The smallest absolute Gasteiger partial charge is 0.114 e. The van der Waals surface area contributed by atoms with Crippen molar-refractivity contribution in [2.24, 2.45) is 20.0 Å². The number of hydrogen-bond donors (Lipinski definition) is 0. The molecule has 0 bridgehead atoms. The Kier molecular flexibility index (Phi) is 6.95. The number of hydrogen-bond acceptors (Lipinski definition) is 3. The molecule has 0 fully saturated rings. The molecule has 0 saturated heterocycles. The van der Waals surface area contributed by atoms with Crippen LogP contribution in [-0.4, -0.2) is 26.1 Å². The summed E-state index contributed by atoms with van der Waals surface area (Å²) in [7, 11) is 1.64. The van der Waals surface area contributed by atoms with Crippen LogP contribution in [0.3, 0.4) is 0 Å². The molecule has 0 heterocycles. The molecule has 2 rings (SSSR count). The molecule has 0 atom stereocenters. The van der Waals surface area contributed by atoms with Crippen LogP contribution in [0, 0.1) is 26.8 Å². The molecule has 2 aromatic rings. The number of nitrogens with zero attached hydrogens (tertiary/aromatic N) is 4. The Morgan fingerprint density at radius 2 is 1.86 bits per heavy atom. The minimum Gasteiger partial charge on any atom is -0.253 e. The quantitative estimate of drug-likeness (QED) is 0.440. The Morgan fingerprint density at radius 1 is 1.18 bits per heavy atom. The maximum Gasteiger partial charge on any atom is 0.114 e. The molecule has 0 aliphatic carbocycles. The molecule has 4 nitrogen and oxygen atoms in total. The largest absolute Gasteiger partial charge is 0.253 e. The summed E-state index contributed by atoms with van der Waals surface area (Å²) in [6.45, 7) is 9.48. The van der Waals surface area contributed by atoms with Gasteiger partial charge in [0.2, 0.25) is 0 Å². The average Bonchev–Trinajstić information content (AvgIpc) is 2.45. The van der Waals surface area contributed by atoms with Crippen molar-refractivity contribution in [1.29, 1.82) is 0 Å². The number of aliphatic imine (C=N–C) groups is 4. The molecular weight excluding hydrogens is 349 g/mol. The van der Waals surface area contributed by atoms with Crippen molar-refractivity contribution in [3.63, 3.8) is 0 Å². The third-order valence-electron chi connectivity index (χ3n) is 3.28. The maximum absolute atomic E-state index is 4.35. The second-order valence-corrected chi connectivity index (χ2v) is 4.79. The van der Waals surface area contributed by atoms with Crippen LogP contribution in [-0.2, 0) is 32.7 Å². The van der Waals surface area contributed by atoms with Crippen LogP contribution in [0.4, 0.5) is 11.4 Å². The third kappa shape index (κ3) is 3.83. The van der Waals surface area contributed by atoms with E-state index in [1.54, 1.807) is 7.05 Å². The Balaban J connectivity index is 0.00000242.